The van der Waals surface area contributed by atoms with Gasteiger partial charge in [0.2, 0.25) is 0 Å². The molecule has 0 amide bonds. The van der Waals surface area contributed by atoms with E-state index in [0.29, 0.717) is 0 Å². The molecule has 0 atom stereocenters. The number of aromatic nitrogens is 2. The fourth-order valence-electron chi connectivity index (χ4n) is 1.56. The Kier molecular flexibility index (Phi) is 3.46. The largest absolute Gasteiger partial charge is 0.280 e. The Balaban J connectivity index is 2.46. The van der Waals surface area contributed by atoms with E-state index in [4.69, 9.17) is 16.9 Å². The lowest BCUT2D eigenvalue weighted by Gasteiger charge is -2.09. The number of halogens is 1. The highest BCUT2D eigenvalue weighted by molar-refractivity contribution is 7.92. The number of anilines is 1. The SMILES string of the molecule is Cn1ncc(Cl)c1S(=O)(=O)Nc1ccccc1C#N. The molecule has 0 saturated carbocycles. The van der Waals surface area contributed by atoms with Crippen molar-refractivity contribution in [3.05, 3.63) is 41.0 Å². The Morgan fingerprint density at radius 2 is 2.11 bits per heavy atom. The summed E-state index contributed by atoms with van der Waals surface area (Å²) in [6, 6.07) is 8.20. The van der Waals surface area contributed by atoms with Crippen molar-refractivity contribution in [1.29, 1.82) is 5.26 Å². The van der Waals surface area contributed by atoms with Crippen LogP contribution in [0.3, 0.4) is 0 Å². The molecule has 0 aliphatic carbocycles. The van der Waals surface area contributed by atoms with Crippen LogP contribution >= 0.6 is 11.6 Å². The number of aryl methyl sites for hydroxylation is 1. The van der Waals surface area contributed by atoms with Crippen LogP contribution in [-0.2, 0) is 17.1 Å². The molecule has 1 aromatic heterocycles. The van der Waals surface area contributed by atoms with Crippen LogP contribution in [0.1, 0.15) is 5.56 Å². The third-order valence-electron chi connectivity index (χ3n) is 2.39. The van der Waals surface area contributed by atoms with Gasteiger partial charge < -0.3 is 0 Å². The summed E-state index contributed by atoms with van der Waals surface area (Å²) >= 11 is 5.80. The van der Waals surface area contributed by atoms with Gasteiger partial charge in [-0.3, -0.25) is 9.40 Å². The highest BCUT2D eigenvalue weighted by Crippen LogP contribution is 2.24. The highest BCUT2D eigenvalue weighted by Gasteiger charge is 2.23. The number of para-hydroxylation sites is 1. The molecule has 0 bridgehead atoms. The van der Waals surface area contributed by atoms with Crippen molar-refractivity contribution in [1.82, 2.24) is 9.78 Å². The summed E-state index contributed by atoms with van der Waals surface area (Å²) in [5, 5.41) is 12.6. The van der Waals surface area contributed by atoms with E-state index >= 15 is 0 Å². The number of hydrogen-bond acceptors (Lipinski definition) is 4. The van der Waals surface area contributed by atoms with Crippen LogP contribution in [0.5, 0.6) is 0 Å². The van der Waals surface area contributed by atoms with Gasteiger partial charge >= 0.3 is 0 Å². The molecule has 6 nitrogen and oxygen atoms in total. The molecule has 0 saturated heterocycles. The number of nitrogens with one attached hydrogen (secondary N) is 1. The second-order valence-corrected chi connectivity index (χ2v) is 5.69. The zero-order chi connectivity index (χ0) is 14.0. The summed E-state index contributed by atoms with van der Waals surface area (Å²) < 4.78 is 27.9. The lowest BCUT2D eigenvalue weighted by Crippen LogP contribution is -2.17. The third-order valence-corrected chi connectivity index (χ3v) is 4.26. The van der Waals surface area contributed by atoms with Gasteiger partial charge in [-0.2, -0.15) is 18.8 Å². The van der Waals surface area contributed by atoms with Crippen molar-refractivity contribution in [2.75, 3.05) is 4.72 Å². The molecule has 0 spiro atoms. The molecule has 1 aromatic carbocycles. The van der Waals surface area contributed by atoms with Gasteiger partial charge in [0.1, 0.15) is 6.07 Å². The number of rotatable bonds is 3. The maximum absolute atomic E-state index is 12.2. The van der Waals surface area contributed by atoms with E-state index in [-0.39, 0.29) is 21.3 Å². The summed E-state index contributed by atoms with van der Waals surface area (Å²) in [5.74, 6) is 0. The fraction of sp³-hybridized carbons (Fsp3) is 0.0909. The zero-order valence-corrected chi connectivity index (χ0v) is 11.4. The minimum absolute atomic E-state index is 0.0180. The summed E-state index contributed by atoms with van der Waals surface area (Å²) in [5.41, 5.74) is 0.423. The molecule has 0 radical (unpaired) electrons. The molecule has 98 valence electrons. The number of hydrogen-bond donors (Lipinski definition) is 1. The Hall–Kier alpha value is -2.04. The molecular weight excluding hydrogens is 288 g/mol. The normalized spacial score (nSPS) is 11.0. The quantitative estimate of drug-likeness (QED) is 0.934. The first-order chi connectivity index (χ1) is 8.95. The molecule has 1 N–H and O–H groups in total. The molecule has 1 heterocycles. The van der Waals surface area contributed by atoms with Crippen LogP contribution < -0.4 is 4.72 Å². The number of nitrogens with zero attached hydrogens (tertiary/aromatic N) is 3. The van der Waals surface area contributed by atoms with Gasteiger partial charge in [0.15, 0.2) is 5.03 Å². The van der Waals surface area contributed by atoms with Crippen LogP contribution in [0.4, 0.5) is 5.69 Å². The number of sulfonamides is 1. The Bertz CT molecular complexity index is 742. The summed E-state index contributed by atoms with van der Waals surface area (Å²) in [6.07, 6.45) is 1.24. The van der Waals surface area contributed by atoms with E-state index in [1.807, 2.05) is 6.07 Å². The Labute approximate surface area is 115 Å². The third kappa shape index (κ3) is 2.54. The fourth-order valence-corrected chi connectivity index (χ4v) is 3.30. The molecule has 2 aromatic rings. The van der Waals surface area contributed by atoms with Crippen molar-refractivity contribution in [2.45, 2.75) is 5.03 Å². The second-order valence-electron chi connectivity index (χ2n) is 3.68. The monoisotopic (exact) mass is 296 g/mol. The minimum atomic E-state index is -3.90. The predicted molar refractivity (Wildman–Crippen MR) is 70.2 cm³/mol. The van der Waals surface area contributed by atoms with Gasteiger partial charge in [-0.05, 0) is 12.1 Å². The number of nitriles is 1. The van der Waals surface area contributed by atoms with Crippen molar-refractivity contribution >= 4 is 27.3 Å². The predicted octanol–water partition coefficient (Wildman–Crippen LogP) is 1.75. The Morgan fingerprint density at radius 3 is 2.68 bits per heavy atom. The van der Waals surface area contributed by atoms with E-state index in [9.17, 15) is 8.42 Å². The summed E-state index contributed by atoms with van der Waals surface area (Å²) in [6.45, 7) is 0. The van der Waals surface area contributed by atoms with E-state index in [1.165, 1.54) is 25.4 Å². The average Bonchev–Trinajstić information content (AvgIpc) is 2.70. The van der Waals surface area contributed by atoms with E-state index < -0.39 is 10.0 Å². The van der Waals surface area contributed by atoms with Gasteiger partial charge in [-0.25, -0.2) is 0 Å². The van der Waals surface area contributed by atoms with Crippen molar-refractivity contribution in [3.63, 3.8) is 0 Å². The van der Waals surface area contributed by atoms with Crippen molar-refractivity contribution in [2.24, 2.45) is 7.05 Å². The van der Waals surface area contributed by atoms with Gasteiger partial charge in [0, 0.05) is 7.05 Å². The van der Waals surface area contributed by atoms with E-state index in [0.717, 1.165) is 4.68 Å². The first-order valence-corrected chi connectivity index (χ1v) is 7.01. The molecule has 19 heavy (non-hydrogen) atoms. The first-order valence-electron chi connectivity index (χ1n) is 5.15. The average molecular weight is 297 g/mol. The van der Waals surface area contributed by atoms with Crippen LogP contribution in [0.25, 0.3) is 0 Å². The maximum atomic E-state index is 12.2. The van der Waals surface area contributed by atoms with Gasteiger partial charge in [0.25, 0.3) is 10.0 Å². The Morgan fingerprint density at radius 1 is 1.42 bits per heavy atom. The molecule has 0 fully saturated rings. The molecule has 0 unspecified atom stereocenters. The first kappa shape index (κ1) is 13.4. The minimum Gasteiger partial charge on any atom is -0.277 e. The molecule has 0 aliphatic heterocycles. The van der Waals surface area contributed by atoms with Crippen LogP contribution in [0, 0.1) is 11.3 Å². The maximum Gasteiger partial charge on any atom is 0.280 e. The highest BCUT2D eigenvalue weighted by atomic mass is 35.5. The topological polar surface area (TPSA) is 87.8 Å². The van der Waals surface area contributed by atoms with Crippen LogP contribution in [-0.4, -0.2) is 18.2 Å². The molecule has 0 aliphatic rings. The zero-order valence-electron chi connectivity index (χ0n) is 9.83. The number of benzene rings is 1. The van der Waals surface area contributed by atoms with E-state index in [1.54, 1.807) is 12.1 Å². The lowest BCUT2D eigenvalue weighted by atomic mass is 10.2. The molecule has 2 rings (SSSR count). The van der Waals surface area contributed by atoms with Crippen LogP contribution in [0.15, 0.2) is 35.5 Å². The van der Waals surface area contributed by atoms with Crippen LogP contribution in [0.2, 0.25) is 5.02 Å². The summed E-state index contributed by atoms with van der Waals surface area (Å²) in [4.78, 5) is 0. The molecule has 8 heteroatoms. The summed E-state index contributed by atoms with van der Waals surface area (Å²) in [7, 11) is -2.43. The molecular formula is C11H9ClN4O2S. The van der Waals surface area contributed by atoms with Crippen molar-refractivity contribution in [3.8, 4) is 6.07 Å². The van der Waals surface area contributed by atoms with Gasteiger partial charge in [-0.15, -0.1) is 0 Å². The standard InChI is InChI=1S/C11H9ClN4O2S/c1-16-11(9(12)7-14-16)19(17,18)15-10-5-3-2-4-8(10)6-13/h2-5,7,15H,1H3. The smallest absolute Gasteiger partial charge is 0.277 e. The lowest BCUT2D eigenvalue weighted by molar-refractivity contribution is 0.582. The van der Waals surface area contributed by atoms with Gasteiger partial charge in [0.05, 0.1) is 22.5 Å². The van der Waals surface area contributed by atoms with E-state index in [2.05, 4.69) is 9.82 Å². The van der Waals surface area contributed by atoms with Crippen molar-refractivity contribution < 1.29 is 8.42 Å². The second kappa shape index (κ2) is 4.91. The van der Waals surface area contributed by atoms with Gasteiger partial charge in [-0.1, -0.05) is 23.7 Å².